The molecule has 0 aliphatic heterocycles. The van der Waals surface area contributed by atoms with Crippen LogP contribution in [0.25, 0.3) is 22.2 Å². The van der Waals surface area contributed by atoms with Gasteiger partial charge in [0.05, 0.1) is 16.1 Å². The molecule has 0 radical (unpaired) electrons. The highest BCUT2D eigenvalue weighted by molar-refractivity contribution is 9.10. The Balaban J connectivity index is 2.05. The first kappa shape index (κ1) is 16.1. The summed E-state index contributed by atoms with van der Waals surface area (Å²) >= 11 is 3.42. The van der Waals surface area contributed by atoms with Gasteiger partial charge in [-0.3, -0.25) is 0 Å². The second kappa shape index (κ2) is 6.17. The van der Waals surface area contributed by atoms with Crippen molar-refractivity contribution in [3.8, 4) is 11.3 Å². The number of hydrogen-bond donors (Lipinski definition) is 0. The minimum absolute atomic E-state index is 0.273. The number of fused-ring (bicyclic) bond motifs is 1. The molecule has 5 heteroatoms. The van der Waals surface area contributed by atoms with Crippen LogP contribution < -0.4 is 0 Å². The Morgan fingerprint density at radius 2 is 1.40 bits per heavy atom. The number of rotatable bonds is 3. The summed E-state index contributed by atoms with van der Waals surface area (Å²) in [5, 5.41) is 0.889. The Labute approximate surface area is 154 Å². The zero-order chi connectivity index (χ0) is 17.4. The second-order valence-corrected chi connectivity index (χ2v) is 8.38. The predicted molar refractivity (Wildman–Crippen MR) is 104 cm³/mol. The van der Waals surface area contributed by atoms with Gasteiger partial charge in [0.2, 0.25) is 0 Å². The molecule has 0 atom stereocenters. The molecule has 124 valence electrons. The predicted octanol–water partition coefficient (Wildman–Crippen LogP) is 5.31. The van der Waals surface area contributed by atoms with E-state index >= 15 is 0 Å². The van der Waals surface area contributed by atoms with Crippen molar-refractivity contribution in [1.29, 1.82) is 0 Å². The molecule has 3 nitrogen and oxygen atoms in total. The van der Waals surface area contributed by atoms with E-state index in [9.17, 15) is 8.42 Å². The molecule has 25 heavy (non-hydrogen) atoms. The SMILES string of the molecule is O=S(=O)(c1ccccc1)n1c(-c2ccc(Br)cc2)cc2ccccc21. The summed E-state index contributed by atoms with van der Waals surface area (Å²) in [6, 6.07) is 25.6. The standard InChI is InChI=1S/C20H14BrNO2S/c21-17-12-10-15(11-13-17)20-14-16-6-4-5-9-19(16)22(20)25(23,24)18-7-2-1-3-8-18/h1-14H. The molecule has 0 bridgehead atoms. The van der Waals surface area contributed by atoms with Crippen LogP contribution >= 0.6 is 15.9 Å². The maximum Gasteiger partial charge on any atom is 0.268 e. The first-order chi connectivity index (χ1) is 12.1. The topological polar surface area (TPSA) is 39.1 Å². The normalized spacial score (nSPS) is 11.7. The largest absolute Gasteiger partial charge is 0.268 e. The van der Waals surface area contributed by atoms with E-state index in [1.807, 2.05) is 60.7 Å². The molecule has 4 rings (SSSR count). The second-order valence-electron chi connectivity index (χ2n) is 5.68. The lowest BCUT2D eigenvalue weighted by Crippen LogP contribution is -2.14. The zero-order valence-corrected chi connectivity index (χ0v) is 15.5. The van der Waals surface area contributed by atoms with Crippen molar-refractivity contribution in [1.82, 2.24) is 3.97 Å². The monoisotopic (exact) mass is 411 g/mol. The van der Waals surface area contributed by atoms with Crippen LogP contribution in [-0.2, 0) is 10.0 Å². The first-order valence-corrected chi connectivity index (χ1v) is 9.98. The molecule has 0 fully saturated rings. The van der Waals surface area contributed by atoms with E-state index in [1.54, 1.807) is 24.3 Å². The van der Waals surface area contributed by atoms with E-state index in [2.05, 4.69) is 15.9 Å². The molecule has 0 saturated carbocycles. The molecule has 4 aromatic rings. The number of benzene rings is 3. The fourth-order valence-electron chi connectivity index (χ4n) is 2.91. The van der Waals surface area contributed by atoms with Crippen molar-refractivity contribution in [2.45, 2.75) is 4.90 Å². The summed E-state index contributed by atoms with van der Waals surface area (Å²) in [6.07, 6.45) is 0. The van der Waals surface area contributed by atoms with E-state index in [0.717, 1.165) is 15.4 Å². The highest BCUT2D eigenvalue weighted by atomic mass is 79.9. The summed E-state index contributed by atoms with van der Waals surface area (Å²) in [7, 11) is -3.71. The van der Waals surface area contributed by atoms with Crippen LogP contribution in [0, 0.1) is 0 Å². The average molecular weight is 412 g/mol. The van der Waals surface area contributed by atoms with Crippen molar-refractivity contribution < 1.29 is 8.42 Å². The van der Waals surface area contributed by atoms with Gasteiger partial charge < -0.3 is 0 Å². The third-order valence-electron chi connectivity index (χ3n) is 4.09. The molecule has 0 spiro atoms. The minimum atomic E-state index is -3.71. The van der Waals surface area contributed by atoms with Crippen molar-refractivity contribution in [2.75, 3.05) is 0 Å². The first-order valence-electron chi connectivity index (χ1n) is 7.74. The lowest BCUT2D eigenvalue weighted by Gasteiger charge is -2.12. The van der Waals surface area contributed by atoms with Crippen molar-refractivity contribution in [3.05, 3.63) is 89.4 Å². The molecular formula is C20H14BrNO2S. The van der Waals surface area contributed by atoms with Gasteiger partial charge in [-0.05, 0) is 42.0 Å². The number of nitrogens with zero attached hydrogens (tertiary/aromatic N) is 1. The Morgan fingerprint density at radius 3 is 2.12 bits per heavy atom. The Kier molecular flexibility index (Phi) is 3.98. The fraction of sp³-hybridized carbons (Fsp3) is 0. The molecule has 0 N–H and O–H groups in total. The van der Waals surface area contributed by atoms with Gasteiger partial charge in [-0.15, -0.1) is 0 Å². The molecule has 0 aliphatic carbocycles. The van der Waals surface area contributed by atoms with Gasteiger partial charge >= 0.3 is 0 Å². The van der Waals surface area contributed by atoms with E-state index < -0.39 is 10.0 Å². The Morgan fingerprint density at radius 1 is 0.760 bits per heavy atom. The summed E-state index contributed by atoms with van der Waals surface area (Å²) in [6.45, 7) is 0. The van der Waals surface area contributed by atoms with Gasteiger partial charge in [0.15, 0.2) is 0 Å². The lowest BCUT2D eigenvalue weighted by atomic mass is 10.1. The van der Waals surface area contributed by atoms with Gasteiger partial charge in [0.25, 0.3) is 10.0 Å². The van der Waals surface area contributed by atoms with Crippen molar-refractivity contribution in [3.63, 3.8) is 0 Å². The van der Waals surface area contributed by atoms with Gasteiger partial charge in [-0.25, -0.2) is 12.4 Å². The summed E-state index contributed by atoms with van der Waals surface area (Å²) in [5.74, 6) is 0. The molecule has 0 saturated heterocycles. The average Bonchev–Trinajstić information content (AvgIpc) is 3.03. The molecule has 0 aliphatic rings. The molecule has 0 unspecified atom stereocenters. The maximum absolute atomic E-state index is 13.3. The maximum atomic E-state index is 13.3. The molecule has 0 amide bonds. The molecular weight excluding hydrogens is 398 g/mol. The van der Waals surface area contributed by atoms with Crippen LogP contribution in [0.5, 0.6) is 0 Å². The number of hydrogen-bond acceptors (Lipinski definition) is 2. The molecule has 1 heterocycles. The number of halogens is 1. The quantitative estimate of drug-likeness (QED) is 0.458. The zero-order valence-electron chi connectivity index (χ0n) is 13.1. The smallest absolute Gasteiger partial charge is 0.233 e. The van der Waals surface area contributed by atoms with Gasteiger partial charge in [0, 0.05) is 9.86 Å². The highest BCUT2D eigenvalue weighted by Crippen LogP contribution is 2.32. The summed E-state index contributed by atoms with van der Waals surface area (Å²) < 4.78 is 29.0. The van der Waals surface area contributed by atoms with Crippen LogP contribution in [0.15, 0.2) is 94.3 Å². The number of aromatic nitrogens is 1. The Bertz CT molecular complexity index is 1150. The van der Waals surface area contributed by atoms with E-state index in [0.29, 0.717) is 11.2 Å². The van der Waals surface area contributed by atoms with Gasteiger partial charge in [-0.1, -0.05) is 64.5 Å². The fourth-order valence-corrected chi connectivity index (χ4v) is 4.73. The van der Waals surface area contributed by atoms with Gasteiger partial charge in [0.1, 0.15) is 0 Å². The summed E-state index contributed by atoms with van der Waals surface area (Å²) in [4.78, 5) is 0.273. The Hall–Kier alpha value is -2.37. The van der Waals surface area contributed by atoms with Crippen LogP contribution in [0.1, 0.15) is 0 Å². The minimum Gasteiger partial charge on any atom is -0.233 e. The van der Waals surface area contributed by atoms with E-state index in [1.165, 1.54) is 3.97 Å². The molecule has 3 aromatic carbocycles. The van der Waals surface area contributed by atoms with E-state index in [-0.39, 0.29) is 4.90 Å². The highest BCUT2D eigenvalue weighted by Gasteiger charge is 2.23. The van der Waals surface area contributed by atoms with Crippen molar-refractivity contribution in [2.24, 2.45) is 0 Å². The van der Waals surface area contributed by atoms with Crippen LogP contribution in [0.3, 0.4) is 0 Å². The van der Waals surface area contributed by atoms with Crippen molar-refractivity contribution >= 4 is 36.9 Å². The third kappa shape index (κ3) is 2.79. The van der Waals surface area contributed by atoms with Crippen LogP contribution in [0.4, 0.5) is 0 Å². The van der Waals surface area contributed by atoms with E-state index in [4.69, 9.17) is 0 Å². The summed E-state index contributed by atoms with van der Waals surface area (Å²) in [5.41, 5.74) is 2.17. The van der Waals surface area contributed by atoms with Crippen LogP contribution in [-0.4, -0.2) is 12.4 Å². The van der Waals surface area contributed by atoms with Crippen LogP contribution in [0.2, 0.25) is 0 Å². The van der Waals surface area contributed by atoms with Gasteiger partial charge in [-0.2, -0.15) is 0 Å². The molecule has 1 aromatic heterocycles. The lowest BCUT2D eigenvalue weighted by molar-refractivity contribution is 0.589. The third-order valence-corrected chi connectivity index (χ3v) is 6.36. The number of para-hydroxylation sites is 1.